The number of carbonyl (C=O) groups excluding carboxylic acids is 2. The Morgan fingerprint density at radius 2 is 1.64 bits per heavy atom. The lowest BCUT2D eigenvalue weighted by atomic mass is 10.1. The molecule has 2 aromatic carbocycles. The molecule has 2 rings (SSSR count). The van der Waals surface area contributed by atoms with Gasteiger partial charge in [-0.15, -0.1) is 0 Å². The number of benzene rings is 2. The van der Waals surface area contributed by atoms with Gasteiger partial charge in [0.05, 0.1) is 14.2 Å². The van der Waals surface area contributed by atoms with Crippen LogP contribution in [-0.2, 0) is 11.2 Å². The van der Waals surface area contributed by atoms with Crippen LogP contribution in [0.2, 0.25) is 0 Å². The van der Waals surface area contributed by atoms with Crippen molar-refractivity contribution in [2.75, 3.05) is 20.8 Å². The smallest absolute Gasteiger partial charge is 0.220 e. The van der Waals surface area contributed by atoms with E-state index in [1.165, 1.54) is 0 Å². The van der Waals surface area contributed by atoms with E-state index in [0.29, 0.717) is 30.0 Å². The van der Waals surface area contributed by atoms with Gasteiger partial charge in [0.1, 0.15) is 0 Å². The summed E-state index contributed by atoms with van der Waals surface area (Å²) < 4.78 is 10.5. The van der Waals surface area contributed by atoms with Gasteiger partial charge in [-0.1, -0.05) is 36.4 Å². The Kier molecular flexibility index (Phi) is 7.01. The molecule has 0 spiro atoms. The van der Waals surface area contributed by atoms with Crippen molar-refractivity contribution in [3.8, 4) is 11.5 Å². The van der Waals surface area contributed by atoms with Crippen LogP contribution < -0.4 is 14.8 Å². The molecule has 0 radical (unpaired) electrons. The summed E-state index contributed by atoms with van der Waals surface area (Å²) >= 11 is 0. The quantitative estimate of drug-likeness (QED) is 0.712. The third-order valence-electron chi connectivity index (χ3n) is 3.86. The first kappa shape index (κ1) is 18.5. The van der Waals surface area contributed by atoms with Gasteiger partial charge in [0.15, 0.2) is 17.3 Å². The Balaban J connectivity index is 1.74. The fourth-order valence-electron chi connectivity index (χ4n) is 2.47. The second kappa shape index (κ2) is 9.47. The van der Waals surface area contributed by atoms with Gasteiger partial charge in [0.25, 0.3) is 0 Å². The molecule has 0 saturated heterocycles. The summed E-state index contributed by atoms with van der Waals surface area (Å²) in [6, 6.07) is 14.7. The van der Waals surface area contributed by atoms with Crippen LogP contribution in [0.1, 0.15) is 28.8 Å². The highest BCUT2D eigenvalue weighted by Gasteiger charge is 2.09. The molecule has 0 unspecified atom stereocenters. The molecule has 25 heavy (non-hydrogen) atoms. The van der Waals surface area contributed by atoms with Crippen LogP contribution >= 0.6 is 0 Å². The number of Topliss-reactive ketones (excluding diaryl/α,β-unsaturated/α-hetero) is 1. The van der Waals surface area contributed by atoms with Crippen molar-refractivity contribution in [2.24, 2.45) is 0 Å². The van der Waals surface area contributed by atoms with E-state index in [1.54, 1.807) is 26.4 Å². The van der Waals surface area contributed by atoms with Crippen molar-refractivity contribution in [3.05, 3.63) is 59.7 Å². The predicted molar refractivity (Wildman–Crippen MR) is 96.3 cm³/mol. The second-order valence-corrected chi connectivity index (χ2v) is 5.58. The average molecular weight is 341 g/mol. The zero-order chi connectivity index (χ0) is 18.1. The second-order valence-electron chi connectivity index (χ2n) is 5.58. The molecule has 2 aromatic rings. The van der Waals surface area contributed by atoms with E-state index < -0.39 is 0 Å². The lowest BCUT2D eigenvalue weighted by molar-refractivity contribution is -0.121. The van der Waals surface area contributed by atoms with E-state index in [0.717, 1.165) is 5.56 Å². The van der Waals surface area contributed by atoms with Gasteiger partial charge in [-0.2, -0.15) is 0 Å². The van der Waals surface area contributed by atoms with Crippen LogP contribution in [0, 0.1) is 0 Å². The van der Waals surface area contributed by atoms with Crippen LogP contribution in [0.25, 0.3) is 0 Å². The maximum absolute atomic E-state index is 12.0. The number of amides is 1. The normalized spacial score (nSPS) is 10.2. The number of ketones is 1. The molecule has 0 fully saturated rings. The molecule has 0 aromatic heterocycles. The fourth-order valence-corrected chi connectivity index (χ4v) is 2.47. The van der Waals surface area contributed by atoms with E-state index in [4.69, 9.17) is 9.47 Å². The first-order chi connectivity index (χ1) is 12.1. The summed E-state index contributed by atoms with van der Waals surface area (Å²) in [4.78, 5) is 23.9. The Hall–Kier alpha value is -2.82. The number of hydrogen-bond acceptors (Lipinski definition) is 4. The van der Waals surface area contributed by atoms with Crippen LogP contribution in [0.4, 0.5) is 0 Å². The Bertz CT molecular complexity index is 713. The zero-order valence-corrected chi connectivity index (χ0v) is 14.6. The molecule has 0 aliphatic carbocycles. The SMILES string of the molecule is COc1ccc(CCNC(=O)CCC(=O)c2ccccc2)cc1OC. The highest BCUT2D eigenvalue weighted by atomic mass is 16.5. The van der Waals surface area contributed by atoms with Crippen molar-refractivity contribution >= 4 is 11.7 Å². The molecule has 0 heterocycles. The van der Waals surface area contributed by atoms with Crippen molar-refractivity contribution in [2.45, 2.75) is 19.3 Å². The number of methoxy groups -OCH3 is 2. The van der Waals surface area contributed by atoms with Crippen molar-refractivity contribution in [1.82, 2.24) is 5.32 Å². The molecule has 1 N–H and O–H groups in total. The molecule has 0 atom stereocenters. The van der Waals surface area contributed by atoms with E-state index in [2.05, 4.69) is 5.32 Å². The van der Waals surface area contributed by atoms with Gasteiger partial charge >= 0.3 is 0 Å². The zero-order valence-electron chi connectivity index (χ0n) is 14.6. The standard InChI is InChI=1S/C20H23NO4/c1-24-18-10-8-15(14-19(18)25-2)12-13-21-20(23)11-9-17(22)16-6-4-3-5-7-16/h3-8,10,14H,9,11-13H2,1-2H3,(H,21,23). The topological polar surface area (TPSA) is 64.6 Å². The molecule has 1 amide bonds. The summed E-state index contributed by atoms with van der Waals surface area (Å²) in [6.45, 7) is 0.508. The van der Waals surface area contributed by atoms with Gasteiger partial charge in [-0.05, 0) is 24.1 Å². The molecule has 132 valence electrons. The van der Waals surface area contributed by atoms with Gasteiger partial charge in [-0.3, -0.25) is 9.59 Å². The summed E-state index contributed by atoms with van der Waals surface area (Å²) in [6.07, 6.45) is 1.09. The minimum atomic E-state index is -0.121. The number of rotatable bonds is 9. The summed E-state index contributed by atoms with van der Waals surface area (Å²) in [5, 5.41) is 2.84. The average Bonchev–Trinajstić information content (AvgIpc) is 2.66. The number of carbonyl (C=O) groups is 2. The Morgan fingerprint density at radius 3 is 2.32 bits per heavy atom. The van der Waals surface area contributed by atoms with Gasteiger partial charge < -0.3 is 14.8 Å². The maximum atomic E-state index is 12.0. The van der Waals surface area contributed by atoms with Crippen molar-refractivity contribution in [3.63, 3.8) is 0 Å². The molecular weight excluding hydrogens is 318 g/mol. The molecule has 0 bridgehead atoms. The monoisotopic (exact) mass is 341 g/mol. The van der Waals surface area contributed by atoms with Gasteiger partial charge in [0.2, 0.25) is 5.91 Å². The molecular formula is C20H23NO4. The lowest BCUT2D eigenvalue weighted by Crippen LogP contribution is -2.26. The minimum absolute atomic E-state index is 0.0179. The third kappa shape index (κ3) is 5.64. The van der Waals surface area contributed by atoms with Crippen LogP contribution in [0.15, 0.2) is 48.5 Å². The summed E-state index contributed by atoms with van der Waals surface area (Å²) in [7, 11) is 3.18. The molecule has 0 saturated carbocycles. The number of ether oxygens (including phenoxy) is 2. The third-order valence-corrected chi connectivity index (χ3v) is 3.86. The molecule has 5 heteroatoms. The highest BCUT2D eigenvalue weighted by Crippen LogP contribution is 2.27. The van der Waals surface area contributed by atoms with Crippen LogP contribution in [0.5, 0.6) is 11.5 Å². The van der Waals surface area contributed by atoms with E-state index >= 15 is 0 Å². The first-order valence-corrected chi connectivity index (χ1v) is 8.20. The highest BCUT2D eigenvalue weighted by molar-refractivity contribution is 5.97. The minimum Gasteiger partial charge on any atom is -0.493 e. The summed E-state index contributed by atoms with van der Waals surface area (Å²) in [5.74, 6) is 1.20. The van der Waals surface area contributed by atoms with E-state index in [-0.39, 0.29) is 24.5 Å². The Labute approximate surface area is 148 Å². The maximum Gasteiger partial charge on any atom is 0.220 e. The number of hydrogen-bond donors (Lipinski definition) is 1. The lowest BCUT2D eigenvalue weighted by Gasteiger charge is -2.10. The largest absolute Gasteiger partial charge is 0.493 e. The van der Waals surface area contributed by atoms with Crippen LogP contribution in [0.3, 0.4) is 0 Å². The van der Waals surface area contributed by atoms with Gasteiger partial charge in [0, 0.05) is 24.9 Å². The molecule has 5 nitrogen and oxygen atoms in total. The van der Waals surface area contributed by atoms with E-state index in [1.807, 2.05) is 36.4 Å². The Morgan fingerprint density at radius 1 is 0.920 bits per heavy atom. The van der Waals surface area contributed by atoms with Crippen LogP contribution in [-0.4, -0.2) is 32.5 Å². The first-order valence-electron chi connectivity index (χ1n) is 8.20. The van der Waals surface area contributed by atoms with E-state index in [9.17, 15) is 9.59 Å². The van der Waals surface area contributed by atoms with Crippen molar-refractivity contribution in [1.29, 1.82) is 0 Å². The molecule has 0 aliphatic rings. The van der Waals surface area contributed by atoms with Gasteiger partial charge in [-0.25, -0.2) is 0 Å². The fraction of sp³-hybridized carbons (Fsp3) is 0.300. The number of nitrogens with one attached hydrogen (secondary N) is 1. The molecule has 0 aliphatic heterocycles. The predicted octanol–water partition coefficient (Wildman–Crippen LogP) is 3.03. The summed E-state index contributed by atoms with van der Waals surface area (Å²) in [5.41, 5.74) is 1.68. The van der Waals surface area contributed by atoms with Crippen molar-refractivity contribution < 1.29 is 19.1 Å².